The molecule has 0 amide bonds. The average molecular weight is 597 g/mol. The Kier molecular flexibility index (Phi) is 12.9. The van der Waals surface area contributed by atoms with Crippen LogP contribution in [-0.2, 0) is 28.6 Å². The van der Waals surface area contributed by atoms with Crippen molar-refractivity contribution in [3.8, 4) is 0 Å². The van der Waals surface area contributed by atoms with E-state index in [9.17, 15) is 24.6 Å². The second kappa shape index (κ2) is 14.9. The zero-order valence-electron chi connectivity index (χ0n) is 27.9. The highest BCUT2D eigenvalue weighted by Gasteiger charge is 2.45. The molecule has 1 saturated carbocycles. The highest BCUT2D eigenvalue weighted by molar-refractivity contribution is 5.77. The van der Waals surface area contributed by atoms with Crippen LogP contribution in [-0.4, -0.2) is 52.7 Å². The summed E-state index contributed by atoms with van der Waals surface area (Å²) in [6, 6.07) is 0. The quantitative estimate of drug-likeness (QED) is 0.189. The lowest BCUT2D eigenvalue weighted by molar-refractivity contribution is -0.198. The van der Waals surface area contributed by atoms with E-state index < -0.39 is 40.2 Å². The fraction of sp³-hybridized carbons (Fsp3) is 0.912. The highest BCUT2D eigenvalue weighted by Crippen LogP contribution is 2.42. The van der Waals surface area contributed by atoms with Crippen molar-refractivity contribution < 1.29 is 38.8 Å². The largest absolute Gasteiger partial charge is 0.481 e. The number of aliphatic hydroxyl groups excluding tert-OH is 1. The number of hydrogen-bond acceptors (Lipinski definition) is 7. The van der Waals surface area contributed by atoms with Gasteiger partial charge in [0.1, 0.15) is 5.60 Å². The number of rotatable bonds is 15. The molecule has 7 unspecified atom stereocenters. The fourth-order valence-electron chi connectivity index (χ4n) is 7.07. The lowest BCUT2D eigenvalue weighted by atomic mass is 9.71. The smallest absolute Gasteiger partial charge is 0.314 e. The molecule has 2 N–H and O–H groups in total. The van der Waals surface area contributed by atoms with Crippen LogP contribution in [0.2, 0.25) is 0 Å². The van der Waals surface area contributed by atoms with Crippen molar-refractivity contribution in [1.82, 2.24) is 0 Å². The third-order valence-corrected chi connectivity index (χ3v) is 10.2. The zero-order chi connectivity index (χ0) is 31.9. The normalized spacial score (nSPS) is 27.3. The van der Waals surface area contributed by atoms with E-state index in [0.29, 0.717) is 57.5 Å². The van der Waals surface area contributed by atoms with Gasteiger partial charge >= 0.3 is 17.9 Å². The molecule has 1 saturated heterocycles. The van der Waals surface area contributed by atoms with Crippen LogP contribution in [0.5, 0.6) is 0 Å². The topological polar surface area (TPSA) is 119 Å². The number of ether oxygens (including phenoxy) is 3. The molecule has 42 heavy (non-hydrogen) atoms. The average Bonchev–Trinajstić information content (AvgIpc) is 2.88. The van der Waals surface area contributed by atoms with E-state index >= 15 is 0 Å². The number of carboxylic acids is 1. The molecular formula is C34H60O8. The van der Waals surface area contributed by atoms with Crippen LogP contribution in [0.3, 0.4) is 0 Å². The molecule has 0 aromatic heterocycles. The molecule has 2 aliphatic rings. The first-order chi connectivity index (χ1) is 19.3. The van der Waals surface area contributed by atoms with Crippen molar-refractivity contribution in [2.24, 2.45) is 34.0 Å². The third-order valence-electron chi connectivity index (χ3n) is 10.2. The van der Waals surface area contributed by atoms with Gasteiger partial charge in [-0.3, -0.25) is 14.4 Å². The maximum Gasteiger partial charge on any atom is 0.314 e. The van der Waals surface area contributed by atoms with Gasteiger partial charge in [-0.05, 0) is 111 Å². The van der Waals surface area contributed by atoms with Gasteiger partial charge in [-0.2, -0.15) is 0 Å². The summed E-state index contributed by atoms with van der Waals surface area (Å²) in [5, 5.41) is 20.5. The molecule has 244 valence electrons. The van der Waals surface area contributed by atoms with Gasteiger partial charge in [0.2, 0.25) is 6.29 Å². The Morgan fingerprint density at radius 1 is 0.929 bits per heavy atom. The molecular weight excluding hydrogens is 536 g/mol. The van der Waals surface area contributed by atoms with Crippen molar-refractivity contribution in [3.05, 3.63) is 0 Å². The van der Waals surface area contributed by atoms with Crippen LogP contribution < -0.4 is 0 Å². The summed E-state index contributed by atoms with van der Waals surface area (Å²) in [5.74, 6) is -1.10. The van der Waals surface area contributed by atoms with Gasteiger partial charge in [0.25, 0.3) is 0 Å². The Labute approximate surface area is 254 Å². The van der Waals surface area contributed by atoms with E-state index in [0.717, 1.165) is 32.1 Å². The van der Waals surface area contributed by atoms with E-state index in [-0.39, 0.29) is 23.8 Å². The van der Waals surface area contributed by atoms with Gasteiger partial charge in [-0.1, -0.05) is 33.6 Å². The number of carbonyl (C=O) groups is 3. The van der Waals surface area contributed by atoms with Crippen molar-refractivity contribution in [1.29, 1.82) is 0 Å². The van der Waals surface area contributed by atoms with Crippen LogP contribution >= 0.6 is 0 Å². The molecule has 1 aliphatic heterocycles. The molecule has 8 heteroatoms. The van der Waals surface area contributed by atoms with E-state index in [1.54, 1.807) is 6.92 Å². The number of aliphatic hydroxyl groups is 1. The van der Waals surface area contributed by atoms with Gasteiger partial charge < -0.3 is 24.4 Å². The predicted octanol–water partition coefficient (Wildman–Crippen LogP) is 7.30. The van der Waals surface area contributed by atoms with Crippen LogP contribution in [0.15, 0.2) is 0 Å². The molecule has 7 atom stereocenters. The highest BCUT2D eigenvalue weighted by atomic mass is 16.7. The van der Waals surface area contributed by atoms with Gasteiger partial charge in [-0.15, -0.1) is 0 Å². The Bertz CT molecular complexity index is 907. The molecule has 2 rings (SSSR count). The minimum absolute atomic E-state index is 0.0151. The minimum atomic E-state index is -0.852. The fourth-order valence-corrected chi connectivity index (χ4v) is 7.07. The van der Waals surface area contributed by atoms with Gasteiger partial charge in [-0.25, -0.2) is 0 Å². The van der Waals surface area contributed by atoms with Gasteiger partial charge in [0, 0.05) is 12.3 Å². The Hall–Kier alpha value is -1.67. The molecule has 1 aliphatic carbocycles. The number of carbonyl (C=O) groups excluding carboxylic acids is 2. The molecule has 0 radical (unpaired) electrons. The third kappa shape index (κ3) is 9.93. The van der Waals surface area contributed by atoms with Gasteiger partial charge in [0.05, 0.1) is 29.0 Å². The standard InChI is InChI=1S/C34H60O8/c1-10-33(8,28(36)37)17-13-18-34(9,30(39)41-27-14-11-12-19-40-27)22-24(3)21-31(4,5)29(38)42-32(6,7)25-16-15-23(2)20-26(25)35/h23-27,35H,10-22H2,1-9H3,(H,36,37). The second-order valence-corrected chi connectivity index (χ2v) is 15.3. The van der Waals surface area contributed by atoms with Crippen LogP contribution in [0.25, 0.3) is 0 Å². The van der Waals surface area contributed by atoms with E-state index in [2.05, 4.69) is 6.92 Å². The molecule has 0 spiro atoms. The van der Waals surface area contributed by atoms with E-state index in [4.69, 9.17) is 14.2 Å². The van der Waals surface area contributed by atoms with Crippen molar-refractivity contribution in [3.63, 3.8) is 0 Å². The molecule has 0 bridgehead atoms. The van der Waals surface area contributed by atoms with Crippen LogP contribution in [0, 0.1) is 34.0 Å². The first-order valence-electron chi connectivity index (χ1n) is 16.3. The summed E-state index contributed by atoms with van der Waals surface area (Å²) in [4.78, 5) is 39.0. The second-order valence-electron chi connectivity index (χ2n) is 15.3. The number of esters is 2. The van der Waals surface area contributed by atoms with Crippen molar-refractivity contribution in [2.45, 2.75) is 157 Å². The zero-order valence-corrected chi connectivity index (χ0v) is 27.9. The SMILES string of the molecule is CCC(C)(CCCC(C)(CC(C)CC(C)(C)C(=O)OC(C)(C)C1CCC(C)CC1O)C(=O)OC1CCCCO1)C(=O)O. The predicted molar refractivity (Wildman–Crippen MR) is 163 cm³/mol. The van der Waals surface area contributed by atoms with E-state index in [1.165, 1.54) is 0 Å². The number of carboxylic acid groups (broad SMARTS) is 1. The van der Waals surface area contributed by atoms with Crippen molar-refractivity contribution >= 4 is 17.9 Å². The number of hydrogen-bond donors (Lipinski definition) is 2. The van der Waals surface area contributed by atoms with Crippen LogP contribution in [0.4, 0.5) is 0 Å². The first kappa shape index (κ1) is 36.5. The summed E-state index contributed by atoms with van der Waals surface area (Å²) in [6.45, 7) is 17.9. The Morgan fingerprint density at radius 2 is 1.57 bits per heavy atom. The minimum Gasteiger partial charge on any atom is -0.481 e. The first-order valence-corrected chi connectivity index (χ1v) is 16.3. The van der Waals surface area contributed by atoms with Crippen molar-refractivity contribution in [2.75, 3.05) is 6.61 Å². The Morgan fingerprint density at radius 3 is 2.12 bits per heavy atom. The summed E-state index contributed by atoms with van der Waals surface area (Å²) < 4.78 is 17.6. The summed E-state index contributed by atoms with van der Waals surface area (Å²) in [7, 11) is 0. The lowest BCUT2D eigenvalue weighted by Crippen LogP contribution is -2.47. The lowest BCUT2D eigenvalue weighted by Gasteiger charge is -2.43. The summed E-state index contributed by atoms with van der Waals surface area (Å²) in [5.41, 5.74) is -3.28. The Balaban J connectivity index is 2.11. The summed E-state index contributed by atoms with van der Waals surface area (Å²) in [6.07, 6.45) is 7.13. The monoisotopic (exact) mass is 596 g/mol. The molecule has 8 nitrogen and oxygen atoms in total. The maximum atomic E-state index is 13.6. The molecule has 1 heterocycles. The molecule has 0 aromatic carbocycles. The van der Waals surface area contributed by atoms with Crippen LogP contribution in [0.1, 0.15) is 139 Å². The molecule has 2 fully saturated rings. The van der Waals surface area contributed by atoms with Gasteiger partial charge in [0.15, 0.2) is 0 Å². The maximum absolute atomic E-state index is 13.6. The summed E-state index contributed by atoms with van der Waals surface area (Å²) >= 11 is 0. The van der Waals surface area contributed by atoms with E-state index in [1.807, 2.05) is 48.5 Å². The molecule has 0 aromatic rings. The number of aliphatic carboxylic acids is 1.